The molecule has 11 aromatic carbocycles. The highest BCUT2D eigenvalue weighted by molar-refractivity contribution is 7.04. The van der Waals surface area contributed by atoms with Crippen LogP contribution in [-0.2, 0) is 48.7 Å². The Kier molecular flexibility index (Phi) is 16.3. The fraction of sp³-hybridized carbons (Fsp3) is 0.353. The molecule has 0 unspecified atom stereocenters. The average molecular weight is 1460 g/mol. The zero-order chi connectivity index (χ0) is 79.2. The first-order valence-electron chi connectivity index (χ1n) is 40.9. The van der Waals surface area contributed by atoms with Crippen molar-refractivity contribution in [3.05, 3.63) is 244 Å². The number of anilines is 12. The van der Waals surface area contributed by atoms with Crippen LogP contribution in [0.2, 0.25) is 0 Å². The van der Waals surface area contributed by atoms with Crippen molar-refractivity contribution in [3.8, 4) is 23.0 Å². The molecule has 9 heteroatoms. The normalized spacial score (nSPS) is 15.0. The average Bonchev–Trinajstić information content (AvgIpc) is 0.679. The number of fused-ring (bicyclic) bond motifs is 12. The van der Waals surface area contributed by atoms with Crippen molar-refractivity contribution in [2.24, 2.45) is 0 Å². The highest BCUT2D eigenvalue weighted by atomic mass is 16.5. The van der Waals surface area contributed by atoms with Crippen molar-refractivity contribution in [1.82, 2.24) is 0 Å². The van der Waals surface area contributed by atoms with E-state index in [0.717, 1.165) is 79.9 Å². The largest absolute Gasteiger partial charge is 0.458 e. The maximum absolute atomic E-state index is 7.48. The van der Waals surface area contributed by atoms with Gasteiger partial charge in [0.15, 0.2) is 0 Å². The molecule has 0 N–H and O–H groups in total. The lowest BCUT2D eigenvalue weighted by Crippen LogP contribution is -2.66. The van der Waals surface area contributed by atoms with Gasteiger partial charge < -0.3 is 29.1 Å². The molecular weight excluding hydrogens is 1350 g/mol. The molecule has 6 heterocycles. The third kappa shape index (κ3) is 12.2. The summed E-state index contributed by atoms with van der Waals surface area (Å²) in [5.41, 5.74) is 35.2. The summed E-state index contributed by atoms with van der Waals surface area (Å²) in [7, 11) is 0. The highest BCUT2D eigenvalue weighted by Crippen LogP contribution is 2.53. The van der Waals surface area contributed by atoms with Crippen LogP contribution in [0.3, 0.4) is 0 Å². The Morgan fingerprint density at radius 1 is 0.180 bits per heavy atom. The molecule has 6 aliphatic heterocycles. The van der Waals surface area contributed by atoms with E-state index in [1.54, 1.807) is 0 Å². The zero-order valence-corrected chi connectivity index (χ0v) is 71.3. The molecule has 0 aromatic heterocycles. The molecule has 0 atom stereocenters. The van der Waals surface area contributed by atoms with Gasteiger partial charge in [-0.25, -0.2) is 0 Å². The lowest BCUT2D eigenvalue weighted by atomic mass is 9.29. The first kappa shape index (κ1) is 74.2. The lowest BCUT2D eigenvalue weighted by Gasteiger charge is -2.48. The Bertz CT molecular complexity index is 5330. The van der Waals surface area contributed by atoms with E-state index >= 15 is 0 Å². The Hall–Kier alpha value is -9.59. The number of ether oxygens (including phenoxy) is 2. The van der Waals surface area contributed by atoms with Crippen LogP contribution in [0, 0.1) is 0 Å². The molecule has 6 aliphatic rings. The van der Waals surface area contributed by atoms with Crippen LogP contribution in [0.4, 0.5) is 68.2 Å². The molecule has 17 rings (SSSR count). The van der Waals surface area contributed by atoms with E-state index in [4.69, 9.17) is 9.47 Å². The summed E-state index contributed by atoms with van der Waals surface area (Å²) in [4.78, 5) is 10.6. The molecule has 0 saturated heterocycles. The number of rotatable bonds is 4. The van der Waals surface area contributed by atoms with Gasteiger partial charge >= 0.3 is 0 Å². The van der Waals surface area contributed by atoms with Crippen molar-refractivity contribution in [2.75, 3.05) is 19.6 Å². The fourth-order valence-corrected chi connectivity index (χ4v) is 18.3. The van der Waals surface area contributed by atoms with E-state index in [1.165, 1.54) is 111 Å². The number of nitrogens with zero attached hydrogens (tertiary/aromatic N) is 4. The molecule has 6 nitrogen and oxygen atoms in total. The van der Waals surface area contributed by atoms with Gasteiger partial charge in [0.05, 0.1) is 0 Å². The number of hydrogen-bond acceptors (Lipinski definition) is 6. The smallest absolute Gasteiger partial charge is 0.256 e. The van der Waals surface area contributed by atoms with Crippen LogP contribution < -0.4 is 78.2 Å². The fourth-order valence-electron chi connectivity index (χ4n) is 18.3. The van der Waals surface area contributed by atoms with E-state index in [0.29, 0.717) is 0 Å². The molecule has 111 heavy (non-hydrogen) atoms. The maximum Gasteiger partial charge on any atom is 0.256 e. The molecule has 0 amide bonds. The second-order valence-corrected chi connectivity index (χ2v) is 42.5. The van der Waals surface area contributed by atoms with E-state index in [9.17, 15) is 0 Å². The third-order valence-electron chi connectivity index (χ3n) is 25.1. The minimum Gasteiger partial charge on any atom is -0.458 e. The molecule has 0 fully saturated rings. The quantitative estimate of drug-likeness (QED) is 0.163. The molecule has 562 valence electrons. The Labute approximate surface area is 665 Å². The zero-order valence-electron chi connectivity index (χ0n) is 71.3. The summed E-state index contributed by atoms with van der Waals surface area (Å²) >= 11 is 0. The van der Waals surface area contributed by atoms with Crippen LogP contribution in [0.5, 0.6) is 23.0 Å². The SMILES string of the molecule is CC(C)(C)c1ccc(N2c3cc4c(cc3B3c5cc(C(C)(C)C)ccc5Oc5cc(C(C)(C)C)cc2c53)B2c3cc5c(cc3N(c3ccc(C(C)(C)C)cc3)c3cc(C(C)(C)C)cc(c32)N4c2ccc(C(C)(C)C)cc2)N(c2ccc(C(C)(C)C)cc2)c2cc(C(C)(C)C)cc3c2B5c2cc(C(C)(C)C)ccc2O3)cc1. The van der Waals surface area contributed by atoms with Crippen LogP contribution in [0.1, 0.15) is 237 Å². The molecule has 0 spiro atoms. The van der Waals surface area contributed by atoms with Gasteiger partial charge in [-0.3, -0.25) is 0 Å². The summed E-state index contributed by atoms with van der Waals surface area (Å²) in [6.45, 7) is 62.6. The molecular formula is C102H113B3N4O2. The predicted octanol–water partition coefficient (Wildman–Crippen LogP) is 22.3. The van der Waals surface area contributed by atoms with Gasteiger partial charge in [-0.1, -0.05) is 272 Å². The molecule has 0 bridgehead atoms. The van der Waals surface area contributed by atoms with E-state index < -0.39 is 0 Å². The standard InChI is InChI=1S/C102H113B3N4O2/c1-94(2,3)60-28-38-69(39-29-60)106-79-58-81-75(104-77-48-64(98(13,14)15)36-46-87(77)110-89-54-67(101(22,23)24)52-85(92(89)104)108(81)71-42-32-62(33-43-71)96(7,8)9)56-73(79)103-74-57-76-82(59-80(74)107(70-40-30-61(31-41-70)95(4,5)6)84-51-66(100(19,20)21)50-83(106)91(84)103)109(72-44-34-63(35-45-72)97(10,11)12)86-53-68(102(25,26)27)55-90-93(86)105(76)78-49-65(99(16,17)18)37-47-88(78)111-90/h28-59H,1-27H3. The Morgan fingerprint density at radius 2 is 0.396 bits per heavy atom. The first-order chi connectivity index (χ1) is 51.7. The summed E-state index contributed by atoms with van der Waals surface area (Å²) in [6, 6.07) is 78.0. The minimum absolute atomic E-state index is 0.0563. The number of hydrogen-bond donors (Lipinski definition) is 0. The van der Waals surface area contributed by atoms with Crippen molar-refractivity contribution in [1.29, 1.82) is 0 Å². The molecule has 0 aliphatic carbocycles. The van der Waals surface area contributed by atoms with Gasteiger partial charge in [0.2, 0.25) is 0 Å². The maximum atomic E-state index is 7.48. The number of benzene rings is 11. The van der Waals surface area contributed by atoms with Crippen molar-refractivity contribution >= 4 is 138 Å². The summed E-state index contributed by atoms with van der Waals surface area (Å²) in [6.07, 6.45) is 0. The summed E-state index contributed by atoms with van der Waals surface area (Å²) < 4.78 is 15.0. The monoisotopic (exact) mass is 1460 g/mol. The second kappa shape index (κ2) is 24.5. The summed E-state index contributed by atoms with van der Waals surface area (Å²) in [5.74, 6) is 3.66. The van der Waals surface area contributed by atoms with Crippen LogP contribution >= 0.6 is 0 Å². The predicted molar refractivity (Wildman–Crippen MR) is 480 cm³/mol. The van der Waals surface area contributed by atoms with Gasteiger partial charge in [0.1, 0.15) is 23.0 Å². The van der Waals surface area contributed by atoms with E-state index in [-0.39, 0.29) is 68.9 Å². The van der Waals surface area contributed by atoms with Crippen molar-refractivity contribution in [3.63, 3.8) is 0 Å². The Morgan fingerprint density at radius 3 is 0.640 bits per heavy atom. The lowest BCUT2D eigenvalue weighted by molar-refractivity contribution is 0.482. The van der Waals surface area contributed by atoms with Crippen molar-refractivity contribution in [2.45, 2.75) is 236 Å². The van der Waals surface area contributed by atoms with E-state index in [2.05, 4.69) is 401 Å². The second-order valence-electron chi connectivity index (χ2n) is 42.5. The topological polar surface area (TPSA) is 31.4 Å². The minimum atomic E-state index is -0.285. The van der Waals surface area contributed by atoms with Crippen LogP contribution in [0.25, 0.3) is 0 Å². The van der Waals surface area contributed by atoms with Crippen LogP contribution in [-0.4, -0.2) is 20.1 Å². The van der Waals surface area contributed by atoms with Gasteiger partial charge in [0.25, 0.3) is 20.1 Å². The summed E-state index contributed by atoms with van der Waals surface area (Å²) in [5, 5.41) is 0. The van der Waals surface area contributed by atoms with Crippen LogP contribution in [0.15, 0.2) is 194 Å². The molecule has 11 aromatic rings. The van der Waals surface area contributed by atoms with Gasteiger partial charge in [-0.2, -0.15) is 0 Å². The van der Waals surface area contributed by atoms with Gasteiger partial charge in [-0.15, -0.1) is 0 Å². The van der Waals surface area contributed by atoms with E-state index in [1.807, 2.05) is 0 Å². The highest BCUT2D eigenvalue weighted by Gasteiger charge is 2.52. The molecule has 0 saturated carbocycles. The van der Waals surface area contributed by atoms with Gasteiger partial charge in [0, 0.05) is 68.2 Å². The van der Waals surface area contributed by atoms with Crippen molar-refractivity contribution < 1.29 is 9.47 Å². The molecule has 0 radical (unpaired) electrons. The Balaban J connectivity index is 1.05. The van der Waals surface area contributed by atoms with Gasteiger partial charge in [-0.05, 0) is 257 Å². The first-order valence-corrected chi connectivity index (χ1v) is 40.9. The third-order valence-corrected chi connectivity index (χ3v) is 25.1.